The van der Waals surface area contributed by atoms with Crippen LogP contribution in [-0.4, -0.2) is 22.4 Å². The van der Waals surface area contributed by atoms with Gasteiger partial charge in [0.1, 0.15) is 0 Å². The highest BCUT2D eigenvalue weighted by atomic mass is 16.1. The van der Waals surface area contributed by atoms with E-state index in [1.807, 2.05) is 0 Å². The number of nitrogens with zero attached hydrogens (tertiary/aromatic N) is 2. The van der Waals surface area contributed by atoms with E-state index in [0.717, 1.165) is 32.2 Å². The maximum atomic E-state index is 11.4. The van der Waals surface area contributed by atoms with Crippen LogP contribution in [0, 0.1) is 0 Å². The first-order valence-electron chi connectivity index (χ1n) is 6.53. The van der Waals surface area contributed by atoms with Gasteiger partial charge in [-0.15, -0.1) is 0 Å². The Labute approximate surface area is 103 Å². The minimum absolute atomic E-state index is 0.0120. The van der Waals surface area contributed by atoms with Gasteiger partial charge >= 0.3 is 0 Å². The van der Waals surface area contributed by atoms with Crippen LogP contribution in [0.2, 0.25) is 0 Å². The van der Waals surface area contributed by atoms with Crippen molar-refractivity contribution in [3.05, 3.63) is 28.7 Å². The second kappa shape index (κ2) is 8.01. The molecule has 0 radical (unpaired) electrons. The van der Waals surface area contributed by atoms with Gasteiger partial charge in [0.15, 0.2) is 0 Å². The van der Waals surface area contributed by atoms with Crippen LogP contribution in [0.4, 0.5) is 0 Å². The van der Waals surface area contributed by atoms with Crippen LogP contribution in [0.1, 0.15) is 39.5 Å². The highest BCUT2D eigenvalue weighted by Crippen LogP contribution is 2.02. The number of rotatable bonds is 8. The summed E-state index contributed by atoms with van der Waals surface area (Å²) in [6.07, 6.45) is 6.05. The molecular formula is C13H23N3O. The third kappa shape index (κ3) is 5.13. The van der Waals surface area contributed by atoms with Crippen molar-refractivity contribution in [1.82, 2.24) is 15.1 Å². The van der Waals surface area contributed by atoms with E-state index in [9.17, 15) is 4.79 Å². The standard InChI is InChI=1S/C13H23N3O/c1-3-9-14-12(4-2)7-6-11-16-13(17)8-5-10-15-16/h5,8,10,12,14H,3-4,6-7,9,11H2,1-2H3. The second-order valence-electron chi connectivity index (χ2n) is 4.29. The fraction of sp³-hybridized carbons (Fsp3) is 0.692. The lowest BCUT2D eigenvalue weighted by Gasteiger charge is -2.16. The Kier molecular flexibility index (Phi) is 6.55. The second-order valence-corrected chi connectivity index (χ2v) is 4.29. The van der Waals surface area contributed by atoms with E-state index in [4.69, 9.17) is 0 Å². The SMILES string of the molecule is CCCNC(CC)CCCn1ncccc1=O. The Balaban J connectivity index is 2.31. The summed E-state index contributed by atoms with van der Waals surface area (Å²) in [5.74, 6) is 0. The molecule has 1 heterocycles. The molecule has 4 heteroatoms. The Bertz CT molecular complexity index is 362. The average molecular weight is 237 g/mol. The van der Waals surface area contributed by atoms with Gasteiger partial charge in [-0.1, -0.05) is 13.8 Å². The summed E-state index contributed by atoms with van der Waals surface area (Å²) in [6, 6.07) is 3.80. The van der Waals surface area contributed by atoms with E-state index in [1.165, 1.54) is 4.68 Å². The monoisotopic (exact) mass is 237 g/mol. The van der Waals surface area contributed by atoms with Gasteiger partial charge in [-0.05, 0) is 38.3 Å². The minimum atomic E-state index is -0.0120. The normalized spacial score (nSPS) is 12.6. The molecule has 0 aliphatic rings. The summed E-state index contributed by atoms with van der Waals surface area (Å²) >= 11 is 0. The first kappa shape index (κ1) is 13.9. The third-order valence-corrected chi connectivity index (χ3v) is 2.88. The highest BCUT2D eigenvalue weighted by molar-refractivity contribution is 4.84. The summed E-state index contributed by atoms with van der Waals surface area (Å²) in [5, 5.41) is 7.56. The van der Waals surface area contributed by atoms with Crippen molar-refractivity contribution in [3.63, 3.8) is 0 Å². The van der Waals surface area contributed by atoms with Crippen molar-refractivity contribution in [1.29, 1.82) is 0 Å². The van der Waals surface area contributed by atoms with Crippen molar-refractivity contribution in [2.45, 2.75) is 52.1 Å². The molecule has 0 spiro atoms. The predicted molar refractivity (Wildman–Crippen MR) is 70.1 cm³/mol. The zero-order chi connectivity index (χ0) is 12.5. The smallest absolute Gasteiger partial charge is 0.266 e. The van der Waals surface area contributed by atoms with Gasteiger partial charge in [0, 0.05) is 24.8 Å². The fourth-order valence-corrected chi connectivity index (χ4v) is 1.84. The van der Waals surface area contributed by atoms with Crippen LogP contribution in [0.25, 0.3) is 0 Å². The van der Waals surface area contributed by atoms with Crippen LogP contribution in [0.5, 0.6) is 0 Å². The molecule has 1 rings (SSSR count). The Hall–Kier alpha value is -1.16. The van der Waals surface area contributed by atoms with Gasteiger partial charge < -0.3 is 5.32 Å². The lowest BCUT2D eigenvalue weighted by Crippen LogP contribution is -2.30. The van der Waals surface area contributed by atoms with Crippen molar-refractivity contribution < 1.29 is 0 Å². The lowest BCUT2D eigenvalue weighted by atomic mass is 10.1. The molecule has 0 bridgehead atoms. The average Bonchev–Trinajstić information content (AvgIpc) is 2.35. The van der Waals surface area contributed by atoms with Gasteiger partial charge in [-0.3, -0.25) is 4.79 Å². The number of hydrogen-bond acceptors (Lipinski definition) is 3. The summed E-state index contributed by atoms with van der Waals surface area (Å²) < 4.78 is 1.53. The van der Waals surface area contributed by atoms with Gasteiger partial charge in [0.2, 0.25) is 0 Å². The molecule has 1 N–H and O–H groups in total. The number of aryl methyl sites for hydroxylation is 1. The van der Waals surface area contributed by atoms with E-state index in [2.05, 4.69) is 24.3 Å². The van der Waals surface area contributed by atoms with Gasteiger partial charge in [0.25, 0.3) is 5.56 Å². The molecule has 96 valence electrons. The molecule has 0 fully saturated rings. The maximum absolute atomic E-state index is 11.4. The Morgan fingerprint density at radius 2 is 2.29 bits per heavy atom. The van der Waals surface area contributed by atoms with E-state index >= 15 is 0 Å². The zero-order valence-corrected chi connectivity index (χ0v) is 10.9. The molecule has 4 nitrogen and oxygen atoms in total. The molecule has 1 aromatic heterocycles. The molecule has 0 aromatic carbocycles. The zero-order valence-electron chi connectivity index (χ0n) is 10.9. The van der Waals surface area contributed by atoms with E-state index in [0.29, 0.717) is 12.6 Å². The molecule has 0 saturated heterocycles. The largest absolute Gasteiger partial charge is 0.314 e. The number of hydrogen-bond donors (Lipinski definition) is 1. The Morgan fingerprint density at radius 1 is 1.47 bits per heavy atom. The van der Waals surface area contributed by atoms with Crippen LogP contribution in [-0.2, 0) is 6.54 Å². The molecule has 0 amide bonds. The molecule has 0 saturated carbocycles. The maximum Gasteiger partial charge on any atom is 0.266 e. The summed E-state index contributed by atoms with van der Waals surface area (Å²) in [5.41, 5.74) is -0.0120. The van der Waals surface area contributed by atoms with Gasteiger partial charge in [-0.25, -0.2) is 4.68 Å². The van der Waals surface area contributed by atoms with Gasteiger partial charge in [-0.2, -0.15) is 5.10 Å². The quantitative estimate of drug-likeness (QED) is 0.750. The lowest BCUT2D eigenvalue weighted by molar-refractivity contribution is 0.426. The van der Waals surface area contributed by atoms with E-state index in [-0.39, 0.29) is 5.56 Å². The minimum Gasteiger partial charge on any atom is -0.314 e. The molecule has 1 unspecified atom stereocenters. The van der Waals surface area contributed by atoms with Gasteiger partial charge in [0.05, 0.1) is 0 Å². The predicted octanol–water partition coefficient (Wildman–Crippen LogP) is 1.80. The third-order valence-electron chi connectivity index (χ3n) is 2.88. The fourth-order valence-electron chi connectivity index (χ4n) is 1.84. The molecule has 1 atom stereocenters. The molecule has 17 heavy (non-hydrogen) atoms. The first-order valence-corrected chi connectivity index (χ1v) is 6.53. The molecule has 0 aliphatic heterocycles. The van der Waals surface area contributed by atoms with Crippen LogP contribution >= 0.6 is 0 Å². The van der Waals surface area contributed by atoms with E-state index in [1.54, 1.807) is 18.3 Å². The Morgan fingerprint density at radius 3 is 2.94 bits per heavy atom. The van der Waals surface area contributed by atoms with E-state index < -0.39 is 0 Å². The van der Waals surface area contributed by atoms with Crippen molar-refractivity contribution in [2.75, 3.05) is 6.54 Å². The molecular weight excluding hydrogens is 214 g/mol. The summed E-state index contributed by atoms with van der Waals surface area (Å²) in [7, 11) is 0. The molecule has 1 aromatic rings. The number of aromatic nitrogens is 2. The van der Waals surface area contributed by atoms with Crippen LogP contribution in [0.3, 0.4) is 0 Å². The first-order chi connectivity index (χ1) is 8.27. The molecule has 0 aliphatic carbocycles. The topological polar surface area (TPSA) is 46.9 Å². The summed E-state index contributed by atoms with van der Waals surface area (Å²) in [4.78, 5) is 11.4. The van der Waals surface area contributed by atoms with Crippen molar-refractivity contribution in [2.24, 2.45) is 0 Å². The van der Waals surface area contributed by atoms with Crippen LogP contribution in [0.15, 0.2) is 23.1 Å². The number of nitrogens with one attached hydrogen (secondary N) is 1. The highest BCUT2D eigenvalue weighted by Gasteiger charge is 2.04. The van der Waals surface area contributed by atoms with Crippen molar-refractivity contribution in [3.8, 4) is 0 Å². The summed E-state index contributed by atoms with van der Waals surface area (Å²) in [6.45, 7) is 6.15. The van der Waals surface area contributed by atoms with Crippen molar-refractivity contribution >= 4 is 0 Å². The van der Waals surface area contributed by atoms with Crippen LogP contribution < -0.4 is 10.9 Å².